The smallest absolute Gasteiger partial charge is 0.330 e. The van der Waals surface area contributed by atoms with Crippen molar-refractivity contribution in [1.82, 2.24) is 0 Å². The molecule has 4 atom stereocenters. The second kappa shape index (κ2) is 29.4. The summed E-state index contributed by atoms with van der Waals surface area (Å²) in [4.78, 5) is 46.0. The fraction of sp³-hybridized carbons (Fsp3) is 0.385. The lowest BCUT2D eigenvalue weighted by atomic mass is 9.73. The number of carbonyl (C=O) groups is 4. The molecule has 4 N–H and O–H groups in total. The zero-order valence-electron chi connectivity index (χ0n) is 38.4. The molecule has 4 unspecified atom stereocenters. The number of aliphatic hydroxyl groups is 4. The van der Waals surface area contributed by atoms with E-state index < -0.39 is 48.3 Å². The van der Waals surface area contributed by atoms with Gasteiger partial charge in [-0.1, -0.05) is 99.8 Å². The minimum Gasteiger partial charge on any atom is -0.491 e. The molecule has 16 nitrogen and oxygen atoms in total. The van der Waals surface area contributed by atoms with Crippen LogP contribution in [0.4, 0.5) is 0 Å². The highest BCUT2D eigenvalue weighted by atomic mass is 16.6. The standard InChI is InChI=1S/C52H62O16/c1-5-47(57)65-31-41(53)27-61-25-35-9-13-37(14-10-35)51(38-15-11-36(12-16-38)26-62-28-42(54)32-66-48(58)6-2)52(39-17-21-45(22-18-39)63-29-43(55)33-67-49(59)7-3)40-19-23-46(24-20-40)64-30-44(56)34-68-50(60)8-4/h5-6,9-24,41-44,51-56H,1-2,7-8,25-34H2,3-4H3. The molecule has 366 valence electrons. The van der Waals surface area contributed by atoms with Gasteiger partial charge in [-0.05, 0) is 57.6 Å². The minimum atomic E-state index is -1.03. The van der Waals surface area contributed by atoms with Gasteiger partial charge in [-0.3, -0.25) is 9.59 Å². The summed E-state index contributed by atoms with van der Waals surface area (Å²) in [5.74, 6) is -1.83. The fourth-order valence-electron chi connectivity index (χ4n) is 6.60. The van der Waals surface area contributed by atoms with Crippen molar-refractivity contribution >= 4 is 23.9 Å². The molecule has 4 aromatic rings. The summed E-state index contributed by atoms with van der Waals surface area (Å²) in [6, 6.07) is 30.7. The molecule has 68 heavy (non-hydrogen) atoms. The summed E-state index contributed by atoms with van der Waals surface area (Å²) in [5.41, 5.74) is 5.33. The van der Waals surface area contributed by atoms with E-state index in [9.17, 15) is 39.6 Å². The Hall–Kier alpha value is -6.40. The number of carbonyl (C=O) groups excluding carboxylic acids is 4. The summed E-state index contributed by atoms with van der Waals surface area (Å²) in [5, 5.41) is 41.2. The Morgan fingerprint density at radius 1 is 0.441 bits per heavy atom. The van der Waals surface area contributed by atoms with E-state index >= 15 is 0 Å². The molecule has 0 saturated heterocycles. The molecule has 0 aliphatic rings. The average Bonchev–Trinajstić information content (AvgIpc) is 3.36. The van der Waals surface area contributed by atoms with Gasteiger partial charge in [-0.25, -0.2) is 9.59 Å². The first-order chi connectivity index (χ1) is 32.8. The van der Waals surface area contributed by atoms with Gasteiger partial charge in [0.1, 0.15) is 75.6 Å². The van der Waals surface area contributed by atoms with Gasteiger partial charge in [0.25, 0.3) is 0 Å². The van der Waals surface area contributed by atoms with Crippen LogP contribution in [0.3, 0.4) is 0 Å². The summed E-state index contributed by atoms with van der Waals surface area (Å²) in [6.45, 7) is 9.19. The Bertz CT molecular complexity index is 2000. The molecule has 0 heterocycles. The van der Waals surface area contributed by atoms with E-state index in [-0.39, 0.29) is 90.7 Å². The van der Waals surface area contributed by atoms with Gasteiger partial charge in [-0.2, -0.15) is 0 Å². The Balaban J connectivity index is 1.66. The molecule has 4 aromatic carbocycles. The van der Waals surface area contributed by atoms with Gasteiger partial charge in [0.2, 0.25) is 0 Å². The van der Waals surface area contributed by atoms with E-state index in [1.165, 1.54) is 0 Å². The minimum absolute atomic E-state index is 0.0649. The van der Waals surface area contributed by atoms with E-state index in [2.05, 4.69) is 13.2 Å². The maximum absolute atomic E-state index is 11.6. The Morgan fingerprint density at radius 3 is 1.04 bits per heavy atom. The number of hydrogen-bond donors (Lipinski definition) is 4. The third kappa shape index (κ3) is 19.1. The van der Waals surface area contributed by atoms with E-state index in [0.29, 0.717) is 11.5 Å². The van der Waals surface area contributed by atoms with Crippen LogP contribution in [0.25, 0.3) is 0 Å². The molecule has 0 aliphatic carbocycles. The van der Waals surface area contributed by atoms with Crippen molar-refractivity contribution in [2.45, 2.75) is 76.2 Å². The van der Waals surface area contributed by atoms with Crippen LogP contribution in [0, 0.1) is 0 Å². The number of rotatable bonds is 31. The number of esters is 4. The monoisotopic (exact) mass is 942 g/mol. The lowest BCUT2D eigenvalue weighted by molar-refractivity contribution is -0.147. The van der Waals surface area contributed by atoms with Gasteiger partial charge in [0, 0.05) is 36.8 Å². The molecule has 0 aromatic heterocycles. The van der Waals surface area contributed by atoms with Crippen LogP contribution in [0.1, 0.15) is 71.9 Å². The molecule has 0 amide bonds. The summed E-state index contributed by atoms with van der Waals surface area (Å²) in [7, 11) is 0. The largest absolute Gasteiger partial charge is 0.491 e. The third-order valence-corrected chi connectivity index (χ3v) is 10.2. The second-order valence-electron chi connectivity index (χ2n) is 15.6. The van der Waals surface area contributed by atoms with Crippen molar-refractivity contribution in [1.29, 1.82) is 0 Å². The van der Waals surface area contributed by atoms with Crippen molar-refractivity contribution < 1.29 is 77.5 Å². The molecule has 0 saturated carbocycles. The topological polar surface area (TPSA) is 223 Å². The van der Waals surface area contributed by atoms with Crippen molar-refractivity contribution in [3.8, 4) is 11.5 Å². The third-order valence-electron chi connectivity index (χ3n) is 10.2. The molecular weight excluding hydrogens is 881 g/mol. The summed E-state index contributed by atoms with van der Waals surface area (Å²) in [6.07, 6.45) is -1.70. The summed E-state index contributed by atoms with van der Waals surface area (Å²) < 4.78 is 43.1. The first kappa shape index (κ1) is 54.2. The van der Waals surface area contributed by atoms with E-state index in [1.807, 2.05) is 72.8 Å². The second-order valence-corrected chi connectivity index (χ2v) is 15.6. The van der Waals surface area contributed by atoms with Crippen molar-refractivity contribution in [2.24, 2.45) is 0 Å². The van der Waals surface area contributed by atoms with Gasteiger partial charge in [-0.15, -0.1) is 0 Å². The molecule has 0 bridgehead atoms. The lowest BCUT2D eigenvalue weighted by Crippen LogP contribution is -2.25. The van der Waals surface area contributed by atoms with Gasteiger partial charge in [0.15, 0.2) is 0 Å². The molecule has 16 heteroatoms. The number of benzene rings is 4. The van der Waals surface area contributed by atoms with Crippen LogP contribution < -0.4 is 9.47 Å². The number of aliphatic hydroxyl groups excluding tert-OH is 4. The lowest BCUT2D eigenvalue weighted by Gasteiger charge is -2.30. The van der Waals surface area contributed by atoms with Crippen molar-refractivity contribution in [3.63, 3.8) is 0 Å². The molecule has 0 fully saturated rings. The Kier molecular flexibility index (Phi) is 23.4. The predicted molar refractivity (Wildman–Crippen MR) is 249 cm³/mol. The van der Waals surface area contributed by atoms with Gasteiger partial charge >= 0.3 is 23.9 Å². The molecule has 0 aliphatic heterocycles. The van der Waals surface area contributed by atoms with E-state index in [4.69, 9.17) is 37.9 Å². The molecular formula is C52H62O16. The van der Waals surface area contributed by atoms with Gasteiger partial charge in [0.05, 0.1) is 26.4 Å². The zero-order chi connectivity index (χ0) is 49.3. The van der Waals surface area contributed by atoms with E-state index in [0.717, 1.165) is 45.5 Å². The predicted octanol–water partition coefficient (Wildman–Crippen LogP) is 5.25. The maximum atomic E-state index is 11.6. The summed E-state index contributed by atoms with van der Waals surface area (Å²) >= 11 is 0. The SMILES string of the molecule is C=CC(=O)OCC(O)COCc1ccc(C(c2ccc(COCC(O)COC(=O)C=C)cc2)C(c2ccc(OCC(O)COC(=O)CC)cc2)c2ccc(OCC(O)COC(=O)CC)cc2)cc1. The molecule has 4 rings (SSSR count). The van der Waals surface area contributed by atoms with Crippen LogP contribution in [0.2, 0.25) is 0 Å². The quantitative estimate of drug-likeness (QED) is 0.0287. The first-order valence-electron chi connectivity index (χ1n) is 22.2. The van der Waals surface area contributed by atoms with Gasteiger partial charge < -0.3 is 58.3 Å². The fourth-order valence-corrected chi connectivity index (χ4v) is 6.60. The van der Waals surface area contributed by atoms with Crippen LogP contribution in [0.5, 0.6) is 11.5 Å². The van der Waals surface area contributed by atoms with Crippen molar-refractivity contribution in [3.05, 3.63) is 156 Å². The number of hydrogen-bond acceptors (Lipinski definition) is 16. The average molecular weight is 943 g/mol. The Morgan fingerprint density at radius 2 is 0.735 bits per heavy atom. The zero-order valence-corrected chi connectivity index (χ0v) is 38.4. The highest BCUT2D eigenvalue weighted by Gasteiger charge is 2.29. The first-order valence-corrected chi connectivity index (χ1v) is 22.2. The van der Waals surface area contributed by atoms with Crippen LogP contribution >= 0.6 is 0 Å². The van der Waals surface area contributed by atoms with E-state index in [1.54, 1.807) is 38.1 Å². The van der Waals surface area contributed by atoms with Crippen LogP contribution in [-0.2, 0) is 60.8 Å². The Labute approximate surface area is 396 Å². The maximum Gasteiger partial charge on any atom is 0.330 e. The normalized spacial score (nSPS) is 13.7. The number of ether oxygens (including phenoxy) is 8. The molecule has 0 spiro atoms. The van der Waals surface area contributed by atoms with Crippen molar-refractivity contribution in [2.75, 3.05) is 52.9 Å². The molecule has 0 radical (unpaired) electrons. The highest BCUT2D eigenvalue weighted by Crippen LogP contribution is 2.44. The van der Waals surface area contributed by atoms with Crippen LogP contribution in [-0.4, -0.2) is 122 Å². The highest BCUT2D eigenvalue weighted by molar-refractivity contribution is 5.81. The van der Waals surface area contributed by atoms with Crippen LogP contribution in [0.15, 0.2) is 122 Å².